The highest BCUT2D eigenvalue weighted by Gasteiger charge is 2.50. The fourth-order valence-corrected chi connectivity index (χ4v) is 9.86. The van der Waals surface area contributed by atoms with Gasteiger partial charge in [0.2, 0.25) is 0 Å². The average Bonchev–Trinajstić information content (AvgIpc) is 3.24. The lowest BCUT2D eigenvalue weighted by Gasteiger charge is -2.43. The van der Waals surface area contributed by atoms with Crippen molar-refractivity contribution >= 4 is 24.7 Å². The summed E-state index contributed by atoms with van der Waals surface area (Å²) < 4.78 is 12.4. The largest absolute Gasteiger partial charge is 0.463 e. The van der Waals surface area contributed by atoms with E-state index in [0.29, 0.717) is 13.2 Å². The van der Waals surface area contributed by atoms with Crippen LogP contribution in [0, 0.1) is 5.41 Å². The smallest absolute Gasteiger partial charge is 0.334 e. The van der Waals surface area contributed by atoms with E-state index in [9.17, 15) is 4.79 Å². The summed E-state index contributed by atoms with van der Waals surface area (Å²) in [6, 6.07) is 21.4. The Morgan fingerprint density at radius 1 is 1.06 bits per heavy atom. The van der Waals surface area contributed by atoms with Crippen molar-refractivity contribution in [3.63, 3.8) is 0 Å². The number of benzene rings is 2. The van der Waals surface area contributed by atoms with E-state index >= 15 is 0 Å². The van der Waals surface area contributed by atoms with E-state index in [0.717, 1.165) is 31.3 Å². The first kappa shape index (κ1) is 25.2. The van der Waals surface area contributed by atoms with E-state index in [1.54, 1.807) is 0 Å². The van der Waals surface area contributed by atoms with Crippen LogP contribution in [0.1, 0.15) is 53.4 Å². The predicted octanol–water partition coefficient (Wildman–Crippen LogP) is 5.80. The fourth-order valence-electron chi connectivity index (χ4n) is 5.26. The molecular weight excluding hydrogens is 424 g/mol. The maximum absolute atomic E-state index is 12.6. The van der Waals surface area contributed by atoms with Crippen LogP contribution in [0.25, 0.3) is 0 Å². The molecule has 0 aliphatic heterocycles. The summed E-state index contributed by atoms with van der Waals surface area (Å²) in [6.45, 7) is 13.8. The highest BCUT2D eigenvalue weighted by Crippen LogP contribution is 2.45. The minimum absolute atomic E-state index is 0.0464. The van der Waals surface area contributed by atoms with Gasteiger partial charge >= 0.3 is 5.97 Å². The van der Waals surface area contributed by atoms with Crippen molar-refractivity contribution in [2.45, 2.75) is 58.4 Å². The van der Waals surface area contributed by atoms with Crippen molar-refractivity contribution in [1.82, 2.24) is 0 Å². The molecule has 2 aromatic carbocycles. The van der Waals surface area contributed by atoms with E-state index in [1.807, 2.05) is 19.1 Å². The summed E-state index contributed by atoms with van der Waals surface area (Å²) in [5.41, 5.74) is 0.450. The van der Waals surface area contributed by atoms with Gasteiger partial charge in [0, 0.05) is 17.6 Å². The zero-order valence-corrected chi connectivity index (χ0v) is 21.6. The average molecular weight is 463 g/mol. The minimum atomic E-state index is -2.54. The molecule has 0 amide bonds. The molecule has 4 heteroatoms. The van der Waals surface area contributed by atoms with Gasteiger partial charge in [-0.15, -0.1) is 6.58 Å². The normalized spacial score (nSPS) is 18.6. The first-order valence-electron chi connectivity index (χ1n) is 12.1. The fraction of sp³-hybridized carbons (Fsp3) is 0.414. The Bertz CT molecular complexity index is 920. The van der Waals surface area contributed by atoms with Gasteiger partial charge in [-0.05, 0) is 48.0 Å². The Kier molecular flexibility index (Phi) is 8.14. The zero-order valence-electron chi connectivity index (χ0n) is 20.6. The molecule has 0 saturated heterocycles. The third kappa shape index (κ3) is 5.07. The van der Waals surface area contributed by atoms with Gasteiger partial charge in [-0.3, -0.25) is 0 Å². The van der Waals surface area contributed by atoms with Gasteiger partial charge in [0.05, 0.1) is 6.61 Å². The molecule has 2 aromatic rings. The molecule has 3 rings (SSSR count). The second-order valence-electron chi connectivity index (χ2n) is 9.85. The molecule has 3 nitrogen and oxygen atoms in total. The van der Waals surface area contributed by atoms with E-state index in [-0.39, 0.29) is 16.4 Å². The van der Waals surface area contributed by atoms with Gasteiger partial charge < -0.3 is 9.16 Å². The lowest BCUT2D eigenvalue weighted by atomic mass is 9.77. The maximum atomic E-state index is 12.6. The van der Waals surface area contributed by atoms with E-state index in [2.05, 4.69) is 88.0 Å². The molecule has 0 N–H and O–H groups in total. The Morgan fingerprint density at radius 2 is 1.64 bits per heavy atom. The van der Waals surface area contributed by atoms with Crippen LogP contribution in [-0.4, -0.2) is 27.5 Å². The van der Waals surface area contributed by atoms with Gasteiger partial charge in [0.1, 0.15) is 0 Å². The number of hydrogen-bond acceptors (Lipinski definition) is 3. The molecule has 1 aliphatic carbocycles. The van der Waals surface area contributed by atoms with Gasteiger partial charge in [0.15, 0.2) is 0 Å². The quantitative estimate of drug-likeness (QED) is 0.194. The summed E-state index contributed by atoms with van der Waals surface area (Å²) >= 11 is 0. The molecule has 0 heterocycles. The summed E-state index contributed by atoms with van der Waals surface area (Å²) in [6.07, 6.45) is 7.46. The molecule has 0 fully saturated rings. The minimum Gasteiger partial charge on any atom is -0.463 e. The monoisotopic (exact) mass is 462 g/mol. The van der Waals surface area contributed by atoms with Crippen molar-refractivity contribution in [1.29, 1.82) is 0 Å². The number of carbonyl (C=O) groups is 1. The van der Waals surface area contributed by atoms with Crippen LogP contribution in [0.3, 0.4) is 0 Å². The van der Waals surface area contributed by atoms with E-state index in [1.165, 1.54) is 10.4 Å². The first-order valence-corrected chi connectivity index (χ1v) is 14.0. The lowest BCUT2D eigenvalue weighted by molar-refractivity contribution is -0.139. The van der Waals surface area contributed by atoms with Crippen LogP contribution in [0.15, 0.2) is 85.0 Å². The second-order valence-corrected chi connectivity index (χ2v) is 14.2. The summed E-state index contributed by atoms with van der Waals surface area (Å²) in [4.78, 5) is 12.6. The first-order chi connectivity index (χ1) is 15.8. The highest BCUT2D eigenvalue weighted by atomic mass is 28.4. The number of carbonyl (C=O) groups excluding carboxylic acids is 1. The SMILES string of the molecule is C=C[C@@]1(CCCO[Si](c2ccccc2)(c2ccccc2)C(C)(C)C)CCC=C1C(=O)OCC. The Morgan fingerprint density at radius 3 is 2.12 bits per heavy atom. The van der Waals surface area contributed by atoms with Crippen LogP contribution >= 0.6 is 0 Å². The molecule has 0 unspecified atom stereocenters. The van der Waals surface area contributed by atoms with Crippen molar-refractivity contribution in [2.24, 2.45) is 5.41 Å². The Labute approximate surface area is 200 Å². The Balaban J connectivity index is 1.85. The molecule has 0 bridgehead atoms. The number of esters is 1. The molecule has 0 spiro atoms. The maximum Gasteiger partial charge on any atom is 0.334 e. The second kappa shape index (κ2) is 10.7. The van der Waals surface area contributed by atoms with Crippen LogP contribution in [-0.2, 0) is 14.0 Å². The third-order valence-corrected chi connectivity index (χ3v) is 11.9. The van der Waals surface area contributed by atoms with Crippen molar-refractivity contribution in [3.8, 4) is 0 Å². The summed E-state index contributed by atoms with van der Waals surface area (Å²) in [7, 11) is -2.54. The van der Waals surface area contributed by atoms with Crippen LogP contribution in [0.2, 0.25) is 5.04 Å². The van der Waals surface area contributed by atoms with Crippen molar-refractivity contribution in [2.75, 3.05) is 13.2 Å². The van der Waals surface area contributed by atoms with Crippen molar-refractivity contribution < 1.29 is 14.0 Å². The number of rotatable bonds is 10. The van der Waals surface area contributed by atoms with Crippen molar-refractivity contribution in [3.05, 3.63) is 85.0 Å². The molecule has 176 valence electrons. The van der Waals surface area contributed by atoms with Gasteiger partial charge in [-0.2, -0.15) is 0 Å². The standard InChI is InChI=1S/C29H38O3Si/c1-6-29(21-14-20-26(29)27(30)31-7-2)22-15-23-32-33(28(3,4)5,24-16-10-8-11-17-24)25-18-12-9-13-19-25/h6,8-13,16-20H,1,7,14-15,21-23H2,2-5H3/t29-/m0/s1. The summed E-state index contributed by atoms with van der Waals surface area (Å²) in [5, 5.41) is 2.53. The summed E-state index contributed by atoms with van der Waals surface area (Å²) in [5.74, 6) is -0.206. The topological polar surface area (TPSA) is 35.5 Å². The lowest BCUT2D eigenvalue weighted by Crippen LogP contribution is -2.66. The van der Waals surface area contributed by atoms with Crippen LogP contribution in [0.5, 0.6) is 0 Å². The molecule has 1 atom stereocenters. The van der Waals surface area contributed by atoms with Gasteiger partial charge in [0.25, 0.3) is 8.32 Å². The van der Waals surface area contributed by atoms with Crippen LogP contribution < -0.4 is 10.4 Å². The zero-order chi connectivity index (χ0) is 24.0. The molecular formula is C29H38O3Si. The molecule has 33 heavy (non-hydrogen) atoms. The molecule has 0 saturated carbocycles. The third-order valence-electron chi connectivity index (χ3n) is 6.86. The number of allylic oxidation sites excluding steroid dienone is 2. The predicted molar refractivity (Wildman–Crippen MR) is 139 cm³/mol. The number of ether oxygens (including phenoxy) is 1. The highest BCUT2D eigenvalue weighted by molar-refractivity contribution is 6.99. The molecule has 0 aromatic heterocycles. The number of hydrogen-bond donors (Lipinski definition) is 0. The van der Waals surface area contributed by atoms with Gasteiger partial charge in [-0.1, -0.05) is 93.6 Å². The van der Waals surface area contributed by atoms with Crippen LogP contribution in [0.4, 0.5) is 0 Å². The Hall–Kier alpha value is -2.43. The van der Waals surface area contributed by atoms with E-state index < -0.39 is 8.32 Å². The van der Waals surface area contributed by atoms with E-state index in [4.69, 9.17) is 9.16 Å². The van der Waals surface area contributed by atoms with Gasteiger partial charge in [-0.25, -0.2) is 4.79 Å². The molecule has 1 aliphatic rings. The molecule has 0 radical (unpaired) electrons.